The van der Waals surface area contributed by atoms with Gasteiger partial charge in [-0.05, 0) is 26.2 Å². The van der Waals surface area contributed by atoms with Crippen molar-refractivity contribution in [2.45, 2.75) is 429 Å². The fraction of sp³-hybridized carbons (Fsp3) is 0.938. The van der Waals surface area contributed by atoms with E-state index >= 15 is 0 Å². The molecule has 37 atom stereocenters. The second kappa shape index (κ2) is 53.6. The van der Waals surface area contributed by atoms with Crippen molar-refractivity contribution in [2.75, 3.05) is 46.2 Å². The van der Waals surface area contributed by atoms with Gasteiger partial charge in [-0.2, -0.15) is 0 Å². The molecule has 7 saturated heterocycles. The summed E-state index contributed by atoms with van der Waals surface area (Å²) < 4.78 is 84.3. The number of nitrogens with one attached hydrogen (secondary N) is 3. The van der Waals surface area contributed by atoms with Crippen molar-refractivity contribution >= 4 is 17.7 Å². The van der Waals surface area contributed by atoms with Crippen LogP contribution in [-0.2, 0) is 80.7 Å². The van der Waals surface area contributed by atoms with Gasteiger partial charge in [0.2, 0.25) is 17.7 Å². The van der Waals surface area contributed by atoms with E-state index in [4.69, 9.17) is 66.3 Å². The van der Waals surface area contributed by atoms with E-state index in [-0.39, 0.29) is 12.3 Å². The summed E-state index contributed by atoms with van der Waals surface area (Å²) in [4.78, 5) is 39.9. The van der Waals surface area contributed by atoms with Crippen molar-refractivity contribution in [3.63, 3.8) is 0 Å². The molecule has 40 heteroatoms. The molecule has 700 valence electrons. The maximum absolute atomic E-state index is 13.6. The van der Waals surface area contributed by atoms with E-state index in [0.29, 0.717) is 12.8 Å². The second-order valence-corrected chi connectivity index (χ2v) is 32.7. The number of carbonyl (C=O) groups excluding carboxylic acids is 3. The number of unbranched alkanes of at least 4 members (excludes halogenated alkanes) is 23. The number of amides is 3. The highest BCUT2D eigenvalue weighted by molar-refractivity contribution is 5.76. The number of aliphatic hydroxyl groups is 20. The Hall–Kier alpha value is -3.21. The van der Waals surface area contributed by atoms with Crippen molar-refractivity contribution < 1.29 is 183 Å². The lowest BCUT2D eigenvalue weighted by Crippen LogP contribution is -2.72. The van der Waals surface area contributed by atoms with Gasteiger partial charge in [0.15, 0.2) is 44.0 Å². The lowest BCUT2D eigenvalue weighted by Gasteiger charge is -2.52. The number of ether oxygens (including phenoxy) is 14. The van der Waals surface area contributed by atoms with Crippen LogP contribution >= 0.6 is 0 Å². The SMILES string of the molecule is CCCCCCCCCCCCC/C=C/[C@@H](O)[C@H](CO[C@@H]1OC(CO)[C@@H](O[C@@H]2OC(CO)[C@H](O)[C@H](O[C@@H]3OC(CO)[C@@H](O[C@@H]4OC(CO)[C@H](O)[C@H](O[C@@H]5OC(CO)[C@@H](O[C@@H]6OC(CO)[C@H](O)[C@H](O)C6O)[C@H](O)C5NC(C)=O)C4O)[C@H](O[C@H]4OC(C)[C@@H](O)C(O)[C@@H]4O)C3NC(C)=O)C2O)[C@H](O)C1O)NC(=O)CCCCCCCCCCCCCCC. The molecule has 0 bridgehead atoms. The quantitative estimate of drug-likeness (QED) is 0.0202. The molecule has 0 spiro atoms. The van der Waals surface area contributed by atoms with Crippen LogP contribution in [-0.4, -0.2) is 393 Å². The smallest absolute Gasteiger partial charge is 0.220 e. The first kappa shape index (κ1) is 104. The molecule has 120 heavy (non-hydrogen) atoms. The molecule has 0 aromatic heterocycles. The zero-order valence-corrected chi connectivity index (χ0v) is 69.7. The van der Waals surface area contributed by atoms with Crippen LogP contribution in [0.25, 0.3) is 0 Å². The topological polar surface area (TPSA) is 621 Å². The first-order valence-electron chi connectivity index (χ1n) is 43.3. The Kier molecular flexibility index (Phi) is 46.3. The summed E-state index contributed by atoms with van der Waals surface area (Å²) in [7, 11) is 0. The molecule has 0 aromatic carbocycles. The number of rotatable bonds is 52. The van der Waals surface area contributed by atoms with Crippen LogP contribution in [0.1, 0.15) is 202 Å². The Morgan fingerprint density at radius 1 is 0.342 bits per heavy atom. The van der Waals surface area contributed by atoms with E-state index in [9.17, 15) is 117 Å². The molecule has 7 aliphatic rings. The van der Waals surface area contributed by atoms with Gasteiger partial charge in [0.05, 0.1) is 64.5 Å². The molecule has 7 heterocycles. The van der Waals surface area contributed by atoms with Crippen LogP contribution in [0.5, 0.6) is 0 Å². The fourth-order valence-electron chi connectivity index (χ4n) is 16.2. The molecule has 7 rings (SSSR count). The van der Waals surface area contributed by atoms with E-state index in [1.807, 2.05) is 6.08 Å². The van der Waals surface area contributed by atoms with Crippen LogP contribution in [0.3, 0.4) is 0 Å². The fourth-order valence-corrected chi connectivity index (χ4v) is 16.2. The van der Waals surface area contributed by atoms with Crippen LogP contribution in [0, 0.1) is 0 Å². The minimum atomic E-state index is -2.35. The zero-order chi connectivity index (χ0) is 87.9. The van der Waals surface area contributed by atoms with E-state index in [2.05, 4.69) is 29.8 Å². The number of carbonyl (C=O) groups is 3. The van der Waals surface area contributed by atoms with Gasteiger partial charge in [0, 0.05) is 20.3 Å². The molecule has 0 aromatic rings. The molecule has 14 unspecified atom stereocenters. The summed E-state index contributed by atoms with van der Waals surface area (Å²) in [5, 5.41) is 232. The average Bonchev–Trinajstić information content (AvgIpc) is 0.760. The van der Waals surface area contributed by atoms with Crippen molar-refractivity contribution in [1.82, 2.24) is 16.0 Å². The van der Waals surface area contributed by atoms with Gasteiger partial charge in [-0.25, -0.2) is 0 Å². The number of aliphatic hydroxyl groups excluding tert-OH is 20. The summed E-state index contributed by atoms with van der Waals surface area (Å²) in [5.74, 6) is -2.18. The lowest BCUT2D eigenvalue weighted by molar-refractivity contribution is -0.397. The average molecular weight is 1740 g/mol. The highest BCUT2D eigenvalue weighted by Crippen LogP contribution is 2.40. The summed E-state index contributed by atoms with van der Waals surface area (Å²) in [6.45, 7) is 0.896. The van der Waals surface area contributed by atoms with Gasteiger partial charge in [-0.15, -0.1) is 0 Å². The van der Waals surface area contributed by atoms with Crippen molar-refractivity contribution in [3.8, 4) is 0 Å². The highest BCUT2D eigenvalue weighted by Gasteiger charge is 2.60. The van der Waals surface area contributed by atoms with Crippen molar-refractivity contribution in [2.24, 2.45) is 0 Å². The largest absolute Gasteiger partial charge is 0.394 e. The molecule has 0 radical (unpaired) electrons. The lowest BCUT2D eigenvalue weighted by atomic mass is 9.93. The van der Waals surface area contributed by atoms with E-state index in [0.717, 1.165) is 65.2 Å². The van der Waals surface area contributed by atoms with Crippen molar-refractivity contribution in [1.29, 1.82) is 0 Å². The second-order valence-electron chi connectivity index (χ2n) is 32.7. The number of hydrogen-bond acceptors (Lipinski definition) is 37. The van der Waals surface area contributed by atoms with E-state index in [1.165, 1.54) is 103 Å². The maximum Gasteiger partial charge on any atom is 0.220 e. The van der Waals surface area contributed by atoms with Gasteiger partial charge in [0.1, 0.15) is 165 Å². The molecule has 7 fully saturated rings. The van der Waals surface area contributed by atoms with E-state index < -0.39 is 285 Å². The standard InChI is InChI=1S/C80H143N3O37/c1-6-8-10-12-14-16-18-20-22-24-26-28-30-32-45(92)44(83-52(93)33-31-29-27-25-23-21-19-17-15-13-11-9-7-2)40-107-76-65(104)62(101)69(50(38-88)114-76)116-79-66(105)73(58(97)47(35-85)110-79)120-75-54(82-43(5)91)71(118-77-63(102)60(99)55(94)41(3)108-77)70(51(39-89)113-75)117-80-67(106)72(57(96)48(36-86)111-80)119-74-53(81-42(4)90)59(98)68(49(37-87)112-74)115-78-64(103)61(100)56(95)46(34-84)109-78/h30,32,41,44-51,53-80,84-89,92,94-106H,6-29,31,33-40H2,1-5H3,(H,81,90)(H,82,91)(H,83,93)/b32-30+/t41?,44-,45+,46?,47?,48?,49?,50?,51?,53?,54?,55+,56-,57-,58-,59+,60?,61-,62+,63-,64?,65?,66?,67?,68+,69+,70+,71+,72-,73-,74-,75-,76+,77+,78-,79-,80-/m0/s1. The normalized spacial score (nSPS) is 39.4. The minimum absolute atomic E-state index is 0.153. The highest BCUT2D eigenvalue weighted by atomic mass is 16.8. The third-order valence-corrected chi connectivity index (χ3v) is 23.3. The molecule has 23 N–H and O–H groups in total. The molecular formula is C80H143N3O37. The zero-order valence-electron chi connectivity index (χ0n) is 69.7. The van der Waals surface area contributed by atoms with E-state index in [1.54, 1.807) is 6.08 Å². The molecule has 3 amide bonds. The Morgan fingerprint density at radius 3 is 1.14 bits per heavy atom. The monoisotopic (exact) mass is 1740 g/mol. The molecular weight excluding hydrogens is 1590 g/mol. The Labute approximate surface area is 700 Å². The van der Waals surface area contributed by atoms with Gasteiger partial charge < -0.3 is 184 Å². The van der Waals surface area contributed by atoms with Crippen LogP contribution in [0.4, 0.5) is 0 Å². The summed E-state index contributed by atoms with van der Waals surface area (Å²) in [6.07, 6.45) is -35.0. The summed E-state index contributed by atoms with van der Waals surface area (Å²) in [6, 6.07) is -4.88. The Balaban J connectivity index is 1.07. The predicted octanol–water partition coefficient (Wildman–Crippen LogP) is -4.35. The molecule has 40 nitrogen and oxygen atoms in total. The first-order valence-corrected chi connectivity index (χ1v) is 43.3. The van der Waals surface area contributed by atoms with Crippen LogP contribution < -0.4 is 16.0 Å². The van der Waals surface area contributed by atoms with Gasteiger partial charge >= 0.3 is 0 Å². The van der Waals surface area contributed by atoms with Gasteiger partial charge in [0.25, 0.3) is 0 Å². The third kappa shape index (κ3) is 29.7. The molecule has 0 aliphatic carbocycles. The summed E-state index contributed by atoms with van der Waals surface area (Å²) >= 11 is 0. The Bertz CT molecular complexity index is 2870. The maximum atomic E-state index is 13.6. The predicted molar refractivity (Wildman–Crippen MR) is 416 cm³/mol. The molecule has 0 saturated carbocycles. The minimum Gasteiger partial charge on any atom is -0.394 e. The van der Waals surface area contributed by atoms with Crippen LogP contribution in [0.2, 0.25) is 0 Å². The summed E-state index contributed by atoms with van der Waals surface area (Å²) in [5.41, 5.74) is 0. The Morgan fingerprint density at radius 2 is 0.683 bits per heavy atom. The number of hydrogen-bond donors (Lipinski definition) is 23. The first-order chi connectivity index (χ1) is 57.5. The number of allylic oxidation sites excluding steroid dienone is 1. The molecule has 7 aliphatic heterocycles. The van der Waals surface area contributed by atoms with Crippen LogP contribution in [0.15, 0.2) is 12.2 Å². The van der Waals surface area contributed by atoms with Crippen molar-refractivity contribution in [3.05, 3.63) is 12.2 Å². The van der Waals surface area contributed by atoms with Gasteiger partial charge in [-0.1, -0.05) is 167 Å². The van der Waals surface area contributed by atoms with Gasteiger partial charge in [-0.3, -0.25) is 14.4 Å². The third-order valence-electron chi connectivity index (χ3n) is 23.3.